The standard InChI is InChI=1S/C10H9N3O3/c11-7-3-1-2-4-8(7)13-9(14)6(5-12-13)10(15)16/h1-5,14H,11H2,(H,15,16). The second-order valence-corrected chi connectivity index (χ2v) is 3.16. The lowest BCUT2D eigenvalue weighted by Crippen LogP contribution is -2.01. The maximum Gasteiger partial charge on any atom is 0.342 e. The number of carbonyl (C=O) groups is 1. The number of nitrogens with zero attached hydrogens (tertiary/aromatic N) is 2. The first kappa shape index (κ1) is 10.0. The molecule has 0 saturated carbocycles. The molecular weight excluding hydrogens is 210 g/mol. The maximum atomic E-state index is 10.7. The predicted molar refractivity (Wildman–Crippen MR) is 56.6 cm³/mol. The van der Waals surface area contributed by atoms with Gasteiger partial charge in [-0.2, -0.15) is 9.78 Å². The lowest BCUT2D eigenvalue weighted by Gasteiger charge is -2.05. The number of benzene rings is 1. The topological polar surface area (TPSA) is 101 Å². The van der Waals surface area contributed by atoms with Gasteiger partial charge in [0.15, 0.2) is 0 Å². The molecular formula is C10H9N3O3. The number of para-hydroxylation sites is 2. The van der Waals surface area contributed by atoms with Crippen LogP contribution < -0.4 is 5.73 Å². The third kappa shape index (κ3) is 1.46. The summed E-state index contributed by atoms with van der Waals surface area (Å²) in [6.07, 6.45) is 1.07. The molecule has 0 fully saturated rings. The molecule has 0 unspecified atom stereocenters. The highest BCUT2D eigenvalue weighted by Gasteiger charge is 2.17. The van der Waals surface area contributed by atoms with Crippen LogP contribution >= 0.6 is 0 Å². The van der Waals surface area contributed by atoms with E-state index in [0.717, 1.165) is 10.9 Å². The summed E-state index contributed by atoms with van der Waals surface area (Å²) in [5.74, 6) is -1.68. The Labute approximate surface area is 90.6 Å². The SMILES string of the molecule is Nc1ccccc1-n1ncc(C(=O)O)c1O. The van der Waals surface area contributed by atoms with Crippen LogP contribution in [0.2, 0.25) is 0 Å². The number of aromatic hydroxyl groups is 1. The van der Waals surface area contributed by atoms with Crippen molar-refractivity contribution in [1.29, 1.82) is 0 Å². The average molecular weight is 219 g/mol. The lowest BCUT2D eigenvalue weighted by molar-refractivity contribution is 0.0693. The van der Waals surface area contributed by atoms with Gasteiger partial charge in [-0.1, -0.05) is 12.1 Å². The van der Waals surface area contributed by atoms with E-state index in [9.17, 15) is 9.90 Å². The van der Waals surface area contributed by atoms with E-state index in [-0.39, 0.29) is 5.56 Å². The van der Waals surface area contributed by atoms with Crippen LogP contribution in [0.15, 0.2) is 30.5 Å². The number of aromatic carboxylic acids is 1. The van der Waals surface area contributed by atoms with Crippen LogP contribution in [-0.2, 0) is 0 Å². The molecule has 6 heteroatoms. The van der Waals surface area contributed by atoms with Crippen LogP contribution in [0.3, 0.4) is 0 Å². The quantitative estimate of drug-likeness (QED) is 0.650. The van der Waals surface area contributed by atoms with Gasteiger partial charge in [-0.05, 0) is 12.1 Å². The number of anilines is 1. The molecule has 1 aromatic heterocycles. The van der Waals surface area contributed by atoms with Gasteiger partial charge in [-0.15, -0.1) is 0 Å². The van der Waals surface area contributed by atoms with Crippen LogP contribution in [0.5, 0.6) is 5.88 Å². The van der Waals surface area contributed by atoms with E-state index in [1.807, 2.05) is 0 Å². The normalized spacial score (nSPS) is 10.2. The molecule has 16 heavy (non-hydrogen) atoms. The molecule has 0 bridgehead atoms. The summed E-state index contributed by atoms with van der Waals surface area (Å²) in [4.78, 5) is 10.7. The van der Waals surface area contributed by atoms with Gasteiger partial charge in [0, 0.05) is 0 Å². The van der Waals surface area contributed by atoms with Gasteiger partial charge in [0.05, 0.1) is 17.6 Å². The van der Waals surface area contributed by atoms with Crippen molar-refractivity contribution >= 4 is 11.7 Å². The summed E-state index contributed by atoms with van der Waals surface area (Å²) in [5.41, 5.74) is 6.26. The summed E-state index contributed by atoms with van der Waals surface area (Å²) in [6.45, 7) is 0. The first-order valence-corrected chi connectivity index (χ1v) is 4.46. The number of carboxylic acids is 1. The van der Waals surface area contributed by atoms with Crippen LogP contribution in [0.4, 0.5) is 5.69 Å². The Morgan fingerprint density at radius 3 is 2.62 bits per heavy atom. The molecule has 0 radical (unpaired) electrons. The van der Waals surface area contributed by atoms with Crippen molar-refractivity contribution < 1.29 is 15.0 Å². The summed E-state index contributed by atoms with van der Waals surface area (Å²) in [7, 11) is 0. The van der Waals surface area contributed by atoms with Gasteiger partial charge in [-0.3, -0.25) is 0 Å². The van der Waals surface area contributed by atoms with Crippen molar-refractivity contribution in [3.05, 3.63) is 36.0 Å². The van der Waals surface area contributed by atoms with Crippen molar-refractivity contribution in [3.63, 3.8) is 0 Å². The van der Waals surface area contributed by atoms with Gasteiger partial charge < -0.3 is 15.9 Å². The summed E-state index contributed by atoms with van der Waals surface area (Å²) >= 11 is 0. The molecule has 0 amide bonds. The maximum absolute atomic E-state index is 10.7. The molecule has 0 aliphatic carbocycles. The Morgan fingerprint density at radius 2 is 2.06 bits per heavy atom. The number of aromatic nitrogens is 2. The van der Waals surface area contributed by atoms with Crippen molar-refractivity contribution in [1.82, 2.24) is 9.78 Å². The van der Waals surface area contributed by atoms with Crippen LogP contribution in [-0.4, -0.2) is 26.0 Å². The summed E-state index contributed by atoms with van der Waals surface area (Å²) in [6, 6.07) is 6.72. The first-order chi connectivity index (χ1) is 7.61. The Kier molecular flexibility index (Phi) is 2.24. The number of nitrogens with two attached hydrogens (primary N) is 1. The lowest BCUT2D eigenvalue weighted by atomic mass is 10.2. The molecule has 0 saturated heterocycles. The molecule has 0 spiro atoms. The second-order valence-electron chi connectivity index (χ2n) is 3.16. The minimum atomic E-state index is -1.24. The fourth-order valence-corrected chi connectivity index (χ4v) is 1.35. The van der Waals surface area contributed by atoms with E-state index in [0.29, 0.717) is 11.4 Å². The smallest absolute Gasteiger partial charge is 0.342 e. The minimum Gasteiger partial charge on any atom is -0.493 e. The second kappa shape index (κ2) is 3.58. The van der Waals surface area contributed by atoms with E-state index in [1.165, 1.54) is 0 Å². The highest BCUT2D eigenvalue weighted by Crippen LogP contribution is 2.24. The fourth-order valence-electron chi connectivity index (χ4n) is 1.35. The van der Waals surface area contributed by atoms with Gasteiger partial charge in [-0.25, -0.2) is 4.79 Å². The fraction of sp³-hybridized carbons (Fsp3) is 0. The molecule has 0 atom stereocenters. The van der Waals surface area contributed by atoms with Crippen LogP contribution in [0, 0.1) is 0 Å². The molecule has 82 valence electrons. The zero-order valence-electron chi connectivity index (χ0n) is 8.16. The Balaban J connectivity index is 2.58. The minimum absolute atomic E-state index is 0.261. The zero-order chi connectivity index (χ0) is 11.7. The van der Waals surface area contributed by atoms with E-state index >= 15 is 0 Å². The molecule has 1 aromatic carbocycles. The van der Waals surface area contributed by atoms with Crippen molar-refractivity contribution in [2.45, 2.75) is 0 Å². The van der Waals surface area contributed by atoms with Gasteiger partial charge >= 0.3 is 5.97 Å². The van der Waals surface area contributed by atoms with Crippen molar-refractivity contribution in [3.8, 4) is 11.6 Å². The van der Waals surface area contributed by atoms with Crippen molar-refractivity contribution in [2.24, 2.45) is 0 Å². The van der Waals surface area contributed by atoms with Crippen LogP contribution in [0.1, 0.15) is 10.4 Å². The molecule has 4 N–H and O–H groups in total. The molecule has 2 rings (SSSR count). The molecule has 0 aliphatic heterocycles. The zero-order valence-corrected chi connectivity index (χ0v) is 8.16. The monoisotopic (exact) mass is 219 g/mol. The van der Waals surface area contributed by atoms with Crippen molar-refractivity contribution in [2.75, 3.05) is 5.73 Å². The molecule has 0 aliphatic rings. The summed E-state index contributed by atoms with van der Waals surface area (Å²) < 4.78 is 1.08. The van der Waals surface area contributed by atoms with Gasteiger partial charge in [0.25, 0.3) is 0 Å². The predicted octanol–water partition coefficient (Wildman–Crippen LogP) is 0.858. The third-order valence-electron chi connectivity index (χ3n) is 2.14. The van der Waals surface area contributed by atoms with E-state index in [1.54, 1.807) is 24.3 Å². The van der Waals surface area contributed by atoms with Crippen LogP contribution in [0.25, 0.3) is 5.69 Å². The number of hydrogen-bond donors (Lipinski definition) is 3. The number of carboxylic acid groups (broad SMARTS) is 1. The van der Waals surface area contributed by atoms with E-state index in [4.69, 9.17) is 10.8 Å². The molecule has 1 heterocycles. The Hall–Kier alpha value is -2.50. The van der Waals surface area contributed by atoms with Gasteiger partial charge in [0.2, 0.25) is 5.88 Å². The average Bonchev–Trinajstić information content (AvgIpc) is 2.61. The molecule has 2 aromatic rings. The number of rotatable bonds is 2. The number of hydrogen-bond acceptors (Lipinski definition) is 4. The highest BCUT2D eigenvalue weighted by atomic mass is 16.4. The first-order valence-electron chi connectivity index (χ1n) is 4.46. The Morgan fingerprint density at radius 1 is 1.38 bits per heavy atom. The highest BCUT2D eigenvalue weighted by molar-refractivity contribution is 5.90. The third-order valence-corrected chi connectivity index (χ3v) is 2.14. The van der Waals surface area contributed by atoms with Gasteiger partial charge in [0.1, 0.15) is 5.56 Å². The van der Waals surface area contributed by atoms with E-state index < -0.39 is 11.8 Å². The molecule has 6 nitrogen and oxygen atoms in total. The van der Waals surface area contributed by atoms with E-state index in [2.05, 4.69) is 5.10 Å². The number of nitrogen functional groups attached to an aromatic ring is 1. The largest absolute Gasteiger partial charge is 0.493 e. The Bertz CT molecular complexity index is 548. The summed E-state index contributed by atoms with van der Waals surface area (Å²) in [5, 5.41) is 22.2.